The number of thioether (sulfide) groups is 1. The highest BCUT2D eigenvalue weighted by Gasteiger charge is 2.11. The third kappa shape index (κ3) is 7.38. The summed E-state index contributed by atoms with van der Waals surface area (Å²) in [5, 5.41) is 3.57. The molecule has 3 heteroatoms. The molecule has 0 heterocycles. The molecule has 19 heavy (non-hydrogen) atoms. The third-order valence-corrected chi connectivity index (χ3v) is 4.66. The maximum atomic E-state index is 3.58. The lowest BCUT2D eigenvalue weighted by Gasteiger charge is -2.18. The van der Waals surface area contributed by atoms with Gasteiger partial charge in [-0.15, -0.1) is 0 Å². The highest BCUT2D eigenvalue weighted by molar-refractivity contribution is 9.10. The Labute approximate surface area is 131 Å². The van der Waals surface area contributed by atoms with Crippen LogP contribution in [-0.4, -0.2) is 24.6 Å². The van der Waals surface area contributed by atoms with Crippen LogP contribution in [0.2, 0.25) is 0 Å². The monoisotopic (exact) mass is 343 g/mol. The molecule has 1 rings (SSSR count). The first kappa shape index (κ1) is 17.1. The summed E-state index contributed by atoms with van der Waals surface area (Å²) in [5.74, 6) is 3.16. The lowest BCUT2D eigenvalue weighted by molar-refractivity contribution is 0.544. The maximum absolute atomic E-state index is 3.58. The van der Waals surface area contributed by atoms with Crippen molar-refractivity contribution in [2.75, 3.05) is 24.6 Å². The molecule has 0 saturated heterocycles. The number of benzene rings is 1. The molecule has 0 aromatic heterocycles. The largest absolute Gasteiger partial charge is 0.316 e. The fraction of sp³-hybridized carbons (Fsp3) is 0.625. The third-order valence-electron chi connectivity index (χ3n) is 3.18. The van der Waals surface area contributed by atoms with Crippen molar-refractivity contribution in [2.24, 2.45) is 0 Å². The minimum Gasteiger partial charge on any atom is -0.316 e. The van der Waals surface area contributed by atoms with Gasteiger partial charge < -0.3 is 5.32 Å². The highest BCUT2D eigenvalue weighted by atomic mass is 79.9. The van der Waals surface area contributed by atoms with Crippen molar-refractivity contribution in [1.29, 1.82) is 0 Å². The number of nitrogens with one attached hydrogen (secondary N) is 1. The average molecular weight is 344 g/mol. The van der Waals surface area contributed by atoms with Gasteiger partial charge in [0.25, 0.3) is 0 Å². The molecule has 0 saturated carbocycles. The molecule has 0 radical (unpaired) electrons. The first-order chi connectivity index (χ1) is 9.27. The minimum absolute atomic E-state index is 0.640. The number of halogens is 1. The minimum atomic E-state index is 0.640. The summed E-state index contributed by atoms with van der Waals surface area (Å²) in [6.07, 6.45) is 3.79. The van der Waals surface area contributed by atoms with Crippen molar-refractivity contribution < 1.29 is 0 Å². The molecule has 1 unspecified atom stereocenters. The van der Waals surface area contributed by atoms with Gasteiger partial charge in [0.1, 0.15) is 0 Å². The van der Waals surface area contributed by atoms with Crippen LogP contribution < -0.4 is 5.32 Å². The van der Waals surface area contributed by atoms with Crippen LogP contribution in [0.3, 0.4) is 0 Å². The second-order valence-electron chi connectivity index (χ2n) is 4.80. The molecule has 1 aromatic carbocycles. The lowest BCUT2D eigenvalue weighted by Crippen LogP contribution is -2.22. The van der Waals surface area contributed by atoms with E-state index in [0.717, 1.165) is 13.1 Å². The first-order valence-electron chi connectivity index (χ1n) is 7.31. The summed E-state index contributed by atoms with van der Waals surface area (Å²) >= 11 is 5.63. The topological polar surface area (TPSA) is 12.0 Å². The van der Waals surface area contributed by atoms with Crippen LogP contribution >= 0.6 is 27.7 Å². The van der Waals surface area contributed by atoms with E-state index >= 15 is 0 Å². The number of hydrogen-bond acceptors (Lipinski definition) is 2. The summed E-state index contributed by atoms with van der Waals surface area (Å²) < 4.78 is 1.19. The molecule has 108 valence electrons. The van der Waals surface area contributed by atoms with Gasteiger partial charge in [0.2, 0.25) is 0 Å². The molecule has 0 aliphatic heterocycles. The van der Waals surface area contributed by atoms with E-state index in [1.807, 2.05) is 11.8 Å². The Morgan fingerprint density at radius 1 is 1.32 bits per heavy atom. The smallest absolute Gasteiger partial charge is 0.0178 e. The Bertz CT molecular complexity index is 343. The molecule has 1 aromatic rings. The van der Waals surface area contributed by atoms with Gasteiger partial charge in [-0.2, -0.15) is 11.8 Å². The summed E-state index contributed by atoms with van der Waals surface area (Å²) in [7, 11) is 0. The molecule has 1 atom stereocenters. The fourth-order valence-corrected chi connectivity index (χ4v) is 3.25. The Morgan fingerprint density at radius 2 is 2.16 bits per heavy atom. The molecule has 1 nitrogen and oxygen atoms in total. The van der Waals surface area contributed by atoms with Gasteiger partial charge in [0.05, 0.1) is 0 Å². The van der Waals surface area contributed by atoms with Crippen LogP contribution in [0.1, 0.15) is 44.6 Å². The Morgan fingerprint density at radius 3 is 2.84 bits per heavy atom. The summed E-state index contributed by atoms with van der Waals surface area (Å²) in [4.78, 5) is 0. The van der Waals surface area contributed by atoms with Crippen LogP contribution in [0.4, 0.5) is 0 Å². The van der Waals surface area contributed by atoms with Crippen molar-refractivity contribution in [3.63, 3.8) is 0 Å². The molecule has 0 aliphatic rings. The molecule has 1 N–H and O–H groups in total. The van der Waals surface area contributed by atoms with Crippen LogP contribution in [0.15, 0.2) is 28.7 Å². The fourth-order valence-electron chi connectivity index (χ4n) is 2.18. The molecule has 0 bridgehead atoms. The van der Waals surface area contributed by atoms with Crippen LogP contribution in [0.5, 0.6) is 0 Å². The average Bonchev–Trinajstić information content (AvgIpc) is 2.41. The van der Waals surface area contributed by atoms with E-state index in [2.05, 4.69) is 59.4 Å². The summed E-state index contributed by atoms with van der Waals surface area (Å²) in [5.41, 5.74) is 1.46. The number of hydrogen-bond donors (Lipinski definition) is 1. The van der Waals surface area contributed by atoms with E-state index in [1.165, 1.54) is 40.8 Å². The quantitative estimate of drug-likeness (QED) is 0.595. The standard InChI is InChI=1S/C16H26BrNS/c1-3-10-18-13-15(8-6-11-19-4-2)14-7-5-9-16(17)12-14/h5,7,9,12,15,18H,3-4,6,8,10-11,13H2,1-2H3. The molecular weight excluding hydrogens is 318 g/mol. The maximum Gasteiger partial charge on any atom is 0.0178 e. The van der Waals surface area contributed by atoms with Crippen molar-refractivity contribution in [1.82, 2.24) is 5.32 Å². The zero-order chi connectivity index (χ0) is 13.9. The Kier molecular flexibility index (Phi) is 9.66. The number of rotatable bonds is 10. The zero-order valence-electron chi connectivity index (χ0n) is 12.1. The van der Waals surface area contributed by atoms with E-state index in [0.29, 0.717) is 5.92 Å². The van der Waals surface area contributed by atoms with Gasteiger partial charge in [0, 0.05) is 11.0 Å². The molecule has 0 aliphatic carbocycles. The van der Waals surface area contributed by atoms with E-state index < -0.39 is 0 Å². The van der Waals surface area contributed by atoms with Gasteiger partial charge in [-0.1, -0.05) is 41.9 Å². The van der Waals surface area contributed by atoms with Crippen molar-refractivity contribution in [2.45, 2.75) is 39.0 Å². The highest BCUT2D eigenvalue weighted by Crippen LogP contribution is 2.24. The van der Waals surface area contributed by atoms with Gasteiger partial charge in [-0.3, -0.25) is 0 Å². The van der Waals surface area contributed by atoms with Crippen molar-refractivity contribution >= 4 is 27.7 Å². The van der Waals surface area contributed by atoms with Crippen LogP contribution in [0.25, 0.3) is 0 Å². The summed E-state index contributed by atoms with van der Waals surface area (Å²) in [6, 6.07) is 8.78. The van der Waals surface area contributed by atoms with E-state index in [-0.39, 0.29) is 0 Å². The normalized spacial score (nSPS) is 12.6. The van der Waals surface area contributed by atoms with Crippen molar-refractivity contribution in [3.8, 4) is 0 Å². The summed E-state index contributed by atoms with van der Waals surface area (Å²) in [6.45, 7) is 6.67. The lowest BCUT2D eigenvalue weighted by atomic mass is 9.94. The molecule has 0 fully saturated rings. The predicted molar refractivity (Wildman–Crippen MR) is 92.3 cm³/mol. The van der Waals surface area contributed by atoms with E-state index in [4.69, 9.17) is 0 Å². The SMILES string of the molecule is CCCNCC(CCCSCC)c1cccc(Br)c1. The van der Waals surface area contributed by atoms with E-state index in [9.17, 15) is 0 Å². The second kappa shape index (κ2) is 10.8. The van der Waals surface area contributed by atoms with Gasteiger partial charge in [-0.05, 0) is 60.9 Å². The van der Waals surface area contributed by atoms with Gasteiger partial charge >= 0.3 is 0 Å². The van der Waals surface area contributed by atoms with E-state index in [1.54, 1.807) is 0 Å². The van der Waals surface area contributed by atoms with Gasteiger partial charge in [0.15, 0.2) is 0 Å². The molecule has 0 amide bonds. The zero-order valence-corrected chi connectivity index (χ0v) is 14.5. The van der Waals surface area contributed by atoms with Gasteiger partial charge in [-0.25, -0.2) is 0 Å². The van der Waals surface area contributed by atoms with Crippen molar-refractivity contribution in [3.05, 3.63) is 34.3 Å². The Hall–Kier alpha value is 0.01000. The first-order valence-corrected chi connectivity index (χ1v) is 9.26. The molecular formula is C16H26BrNS. The Balaban J connectivity index is 2.52. The second-order valence-corrected chi connectivity index (χ2v) is 7.10. The van der Waals surface area contributed by atoms with Crippen LogP contribution in [-0.2, 0) is 0 Å². The van der Waals surface area contributed by atoms with Crippen LogP contribution in [0, 0.1) is 0 Å². The predicted octanol–water partition coefficient (Wildman–Crippen LogP) is 5.07. The molecule has 0 spiro atoms.